The van der Waals surface area contributed by atoms with Gasteiger partial charge in [-0.05, 0) is 54.8 Å². The van der Waals surface area contributed by atoms with Gasteiger partial charge in [0, 0.05) is 32.7 Å². The van der Waals surface area contributed by atoms with Gasteiger partial charge in [-0.2, -0.15) is 13.2 Å². The minimum absolute atomic E-state index is 0.282. The number of phenolic OH excluding ortho intramolecular Hbond substituents is 1. The van der Waals surface area contributed by atoms with Gasteiger partial charge in [-0.15, -0.1) is 0 Å². The van der Waals surface area contributed by atoms with Crippen molar-refractivity contribution in [1.29, 1.82) is 0 Å². The van der Waals surface area contributed by atoms with Crippen LogP contribution in [-0.2, 0) is 12.7 Å². The summed E-state index contributed by atoms with van der Waals surface area (Å²) in [7, 11) is 0. The Labute approximate surface area is 171 Å². The van der Waals surface area contributed by atoms with Gasteiger partial charge in [-0.3, -0.25) is 4.90 Å². The van der Waals surface area contributed by atoms with Gasteiger partial charge in [0.1, 0.15) is 5.75 Å². The number of rotatable bonds is 3. The van der Waals surface area contributed by atoms with Crippen LogP contribution in [0.3, 0.4) is 0 Å². The van der Waals surface area contributed by atoms with Crippen molar-refractivity contribution in [3.8, 4) is 5.75 Å². The highest BCUT2D eigenvalue weighted by molar-refractivity contribution is 7.22. The zero-order chi connectivity index (χ0) is 20.6. The number of halogens is 3. The number of fused-ring (bicyclic) bond motifs is 1. The normalized spacial score (nSPS) is 16.3. The van der Waals surface area contributed by atoms with Crippen molar-refractivity contribution in [2.75, 3.05) is 31.1 Å². The molecule has 1 fully saturated rings. The van der Waals surface area contributed by atoms with Crippen LogP contribution in [-0.4, -0.2) is 41.2 Å². The summed E-state index contributed by atoms with van der Waals surface area (Å²) in [5, 5.41) is 10.6. The Balaban J connectivity index is 1.46. The smallest absolute Gasteiger partial charge is 0.416 e. The third kappa shape index (κ3) is 4.64. The highest BCUT2D eigenvalue weighted by atomic mass is 32.1. The molecule has 1 saturated heterocycles. The summed E-state index contributed by atoms with van der Waals surface area (Å²) in [6.45, 7) is 6.07. The maximum Gasteiger partial charge on any atom is 0.416 e. The van der Waals surface area contributed by atoms with Crippen LogP contribution in [0.25, 0.3) is 10.2 Å². The van der Waals surface area contributed by atoms with E-state index in [1.807, 2.05) is 6.92 Å². The van der Waals surface area contributed by atoms with Crippen molar-refractivity contribution in [3.63, 3.8) is 0 Å². The number of aryl methyl sites for hydroxylation is 1. The Morgan fingerprint density at radius 1 is 1.07 bits per heavy atom. The van der Waals surface area contributed by atoms with Gasteiger partial charge < -0.3 is 10.0 Å². The molecule has 0 radical (unpaired) electrons. The van der Waals surface area contributed by atoms with Gasteiger partial charge in [0.2, 0.25) is 0 Å². The predicted octanol–water partition coefficient (Wildman–Crippen LogP) is 5.04. The van der Waals surface area contributed by atoms with Gasteiger partial charge in [-0.25, -0.2) is 4.98 Å². The highest BCUT2D eigenvalue weighted by Crippen LogP contribution is 2.35. The number of aromatic nitrogens is 1. The molecule has 4 nitrogen and oxygen atoms in total. The lowest BCUT2D eigenvalue weighted by Crippen LogP contribution is -2.30. The van der Waals surface area contributed by atoms with Crippen LogP contribution in [0.5, 0.6) is 5.75 Å². The van der Waals surface area contributed by atoms with Gasteiger partial charge in [-0.1, -0.05) is 17.4 Å². The van der Waals surface area contributed by atoms with Crippen LogP contribution in [0, 0.1) is 6.92 Å². The second-order valence-electron chi connectivity index (χ2n) is 7.47. The number of nitrogens with zero attached hydrogens (tertiary/aromatic N) is 3. The molecule has 8 heteroatoms. The first-order chi connectivity index (χ1) is 13.8. The number of hydrogen-bond donors (Lipinski definition) is 1. The Morgan fingerprint density at radius 2 is 1.90 bits per heavy atom. The topological polar surface area (TPSA) is 39.6 Å². The van der Waals surface area contributed by atoms with Crippen LogP contribution in [0.2, 0.25) is 0 Å². The van der Waals surface area contributed by atoms with E-state index in [-0.39, 0.29) is 5.75 Å². The van der Waals surface area contributed by atoms with Gasteiger partial charge >= 0.3 is 6.18 Å². The minimum atomic E-state index is -4.34. The summed E-state index contributed by atoms with van der Waals surface area (Å²) >= 11 is 1.32. The average molecular weight is 421 g/mol. The quantitative estimate of drug-likeness (QED) is 0.643. The average Bonchev–Trinajstić information content (AvgIpc) is 2.92. The zero-order valence-electron chi connectivity index (χ0n) is 16.0. The van der Waals surface area contributed by atoms with Gasteiger partial charge in [0.15, 0.2) is 5.13 Å². The molecule has 1 aliphatic heterocycles. The van der Waals surface area contributed by atoms with Gasteiger partial charge in [0.25, 0.3) is 0 Å². The zero-order valence-corrected chi connectivity index (χ0v) is 16.9. The van der Waals surface area contributed by atoms with Gasteiger partial charge in [0.05, 0.1) is 15.8 Å². The fraction of sp³-hybridized carbons (Fsp3) is 0.381. The first-order valence-electron chi connectivity index (χ1n) is 9.52. The Hall–Kier alpha value is -2.32. The van der Waals surface area contributed by atoms with E-state index in [0.717, 1.165) is 61.5 Å². The van der Waals surface area contributed by atoms with E-state index < -0.39 is 11.7 Å². The molecule has 0 atom stereocenters. The second-order valence-corrected chi connectivity index (χ2v) is 8.48. The molecule has 2 heterocycles. The van der Waals surface area contributed by atoms with Crippen LogP contribution in [0.15, 0.2) is 36.4 Å². The molecule has 4 rings (SSSR count). The molecular weight excluding hydrogens is 399 g/mol. The third-order valence-corrected chi connectivity index (χ3v) is 6.17. The van der Waals surface area contributed by atoms with Crippen molar-refractivity contribution in [3.05, 3.63) is 53.1 Å². The third-order valence-electron chi connectivity index (χ3n) is 5.09. The number of hydrogen-bond acceptors (Lipinski definition) is 5. The van der Waals surface area contributed by atoms with E-state index >= 15 is 0 Å². The molecule has 154 valence electrons. The molecule has 1 aromatic heterocycles. The number of anilines is 1. The molecule has 0 saturated carbocycles. The lowest BCUT2D eigenvalue weighted by molar-refractivity contribution is -0.137. The lowest BCUT2D eigenvalue weighted by Gasteiger charge is -2.21. The first-order valence-corrected chi connectivity index (χ1v) is 10.3. The summed E-state index contributed by atoms with van der Waals surface area (Å²) in [6, 6.07) is 9.34. The van der Waals surface area contributed by atoms with E-state index in [0.29, 0.717) is 10.2 Å². The molecule has 0 unspecified atom stereocenters. The first kappa shape index (κ1) is 20.0. The van der Waals surface area contributed by atoms with Crippen molar-refractivity contribution in [2.24, 2.45) is 0 Å². The monoisotopic (exact) mass is 421 g/mol. The van der Waals surface area contributed by atoms with Crippen LogP contribution >= 0.6 is 11.3 Å². The molecular formula is C21H22F3N3OS. The lowest BCUT2D eigenvalue weighted by atomic mass is 10.1. The molecule has 29 heavy (non-hydrogen) atoms. The molecule has 0 aliphatic carbocycles. The van der Waals surface area contributed by atoms with Crippen molar-refractivity contribution in [2.45, 2.75) is 26.1 Å². The summed E-state index contributed by atoms with van der Waals surface area (Å²) in [5.74, 6) is 0.282. The Kier molecular flexibility index (Phi) is 5.40. The van der Waals surface area contributed by atoms with Crippen molar-refractivity contribution >= 4 is 26.7 Å². The molecule has 3 aromatic rings. The fourth-order valence-corrected chi connectivity index (χ4v) is 4.79. The standard InChI is InChI=1S/C21H22F3N3OS/c1-14-9-15(11-17(28)10-14)13-26-5-2-6-27(8-7-26)20-25-18-4-3-16(21(22,23)24)12-19(18)29-20/h3-4,9-12,28H,2,5-8,13H2,1H3. The number of alkyl halides is 3. The molecule has 0 bridgehead atoms. The van der Waals surface area contributed by atoms with E-state index in [4.69, 9.17) is 0 Å². The van der Waals surface area contributed by atoms with Crippen molar-refractivity contribution < 1.29 is 18.3 Å². The molecule has 1 aliphatic rings. The summed E-state index contributed by atoms with van der Waals surface area (Å²) in [5.41, 5.74) is 2.08. The maximum absolute atomic E-state index is 13.0. The number of thiazole rings is 1. The number of phenols is 1. The highest BCUT2D eigenvalue weighted by Gasteiger charge is 2.31. The van der Waals surface area contributed by atoms with Crippen molar-refractivity contribution in [1.82, 2.24) is 9.88 Å². The summed E-state index contributed by atoms with van der Waals surface area (Å²) in [4.78, 5) is 9.05. The predicted molar refractivity (Wildman–Crippen MR) is 110 cm³/mol. The van der Waals surface area contributed by atoms with Crippen LogP contribution in [0.4, 0.5) is 18.3 Å². The Morgan fingerprint density at radius 3 is 2.66 bits per heavy atom. The van der Waals surface area contributed by atoms with Crippen LogP contribution in [0.1, 0.15) is 23.1 Å². The molecule has 2 aromatic carbocycles. The van der Waals surface area contributed by atoms with E-state index in [1.165, 1.54) is 23.5 Å². The minimum Gasteiger partial charge on any atom is -0.508 e. The van der Waals surface area contributed by atoms with E-state index in [9.17, 15) is 18.3 Å². The molecule has 1 N–H and O–H groups in total. The molecule has 0 spiro atoms. The largest absolute Gasteiger partial charge is 0.508 e. The van der Waals surface area contributed by atoms with E-state index in [1.54, 1.807) is 12.1 Å². The SMILES string of the molecule is Cc1cc(O)cc(CN2CCCN(c3nc4ccc(C(F)(F)F)cc4s3)CC2)c1. The maximum atomic E-state index is 13.0. The van der Waals surface area contributed by atoms with Crippen LogP contribution < -0.4 is 4.90 Å². The summed E-state index contributed by atoms with van der Waals surface area (Å²) in [6.07, 6.45) is -3.40. The summed E-state index contributed by atoms with van der Waals surface area (Å²) < 4.78 is 39.4. The number of aromatic hydroxyl groups is 1. The second kappa shape index (κ2) is 7.84. The molecule has 0 amide bonds. The Bertz CT molecular complexity index is 998. The van der Waals surface area contributed by atoms with E-state index in [2.05, 4.69) is 20.9 Å². The number of benzene rings is 2. The fourth-order valence-electron chi connectivity index (χ4n) is 3.73.